The third-order valence-corrected chi connectivity index (χ3v) is 2.49. The molecule has 0 aliphatic carbocycles. The van der Waals surface area contributed by atoms with E-state index in [-0.39, 0.29) is 0 Å². The van der Waals surface area contributed by atoms with Gasteiger partial charge in [0.2, 0.25) is 0 Å². The molecule has 1 unspecified atom stereocenters. The summed E-state index contributed by atoms with van der Waals surface area (Å²) in [6.45, 7) is 14.8. The number of rotatable bonds is 8. The van der Waals surface area contributed by atoms with Crippen LogP contribution in [-0.2, 0) is 0 Å². The molecule has 0 aliphatic heterocycles. The molecular weight excluding hydrogens is 172 g/mol. The predicted octanol–water partition coefficient (Wildman–Crippen LogP) is 2.49. The lowest BCUT2D eigenvalue weighted by Gasteiger charge is -2.29. The van der Waals surface area contributed by atoms with Crippen LogP contribution in [0.5, 0.6) is 0 Å². The number of hydrogen-bond acceptors (Lipinski definition) is 2. The van der Waals surface area contributed by atoms with Gasteiger partial charge in [0.25, 0.3) is 0 Å². The zero-order valence-electron chi connectivity index (χ0n) is 10.6. The minimum absolute atomic E-state index is 0.615. The molecule has 1 atom stereocenters. The maximum Gasteiger partial charge on any atom is 0.0166 e. The normalized spacial score (nSPS) is 13.9. The Hall–Kier alpha value is -0.0800. The summed E-state index contributed by atoms with van der Waals surface area (Å²) >= 11 is 0. The van der Waals surface area contributed by atoms with E-state index in [0.717, 1.165) is 6.54 Å². The van der Waals surface area contributed by atoms with Gasteiger partial charge in [-0.1, -0.05) is 13.8 Å². The average molecular weight is 200 g/mol. The van der Waals surface area contributed by atoms with E-state index in [1.807, 2.05) is 0 Å². The summed E-state index contributed by atoms with van der Waals surface area (Å²) in [5, 5.41) is 3.53. The highest BCUT2D eigenvalue weighted by Crippen LogP contribution is 2.01. The Bertz CT molecular complexity index is 123. The second-order valence-electron chi connectivity index (χ2n) is 4.44. The minimum Gasteiger partial charge on any atom is -0.313 e. The lowest BCUT2D eigenvalue weighted by molar-refractivity contribution is 0.202. The van der Waals surface area contributed by atoms with E-state index < -0.39 is 0 Å². The van der Waals surface area contributed by atoms with E-state index in [1.54, 1.807) is 0 Å². The molecule has 1 N–H and O–H groups in total. The van der Waals surface area contributed by atoms with Crippen LogP contribution in [0.25, 0.3) is 0 Å². The summed E-state index contributed by atoms with van der Waals surface area (Å²) in [4.78, 5) is 2.55. The summed E-state index contributed by atoms with van der Waals surface area (Å²) in [5.74, 6) is 0. The van der Waals surface area contributed by atoms with Crippen LogP contribution in [0.1, 0.15) is 47.5 Å². The zero-order chi connectivity index (χ0) is 11.0. The van der Waals surface area contributed by atoms with Gasteiger partial charge in [-0.15, -0.1) is 0 Å². The molecule has 0 aromatic heterocycles. The minimum atomic E-state index is 0.615. The molecule has 86 valence electrons. The molecule has 0 bridgehead atoms. The molecule has 0 radical (unpaired) electrons. The molecular formula is C12H28N2. The first kappa shape index (κ1) is 13.9. The maximum atomic E-state index is 3.53. The van der Waals surface area contributed by atoms with Crippen LogP contribution in [0.15, 0.2) is 0 Å². The van der Waals surface area contributed by atoms with Gasteiger partial charge < -0.3 is 5.32 Å². The molecule has 0 aromatic carbocycles. The Morgan fingerprint density at radius 2 is 1.71 bits per heavy atom. The summed E-state index contributed by atoms with van der Waals surface area (Å²) in [7, 11) is 0. The van der Waals surface area contributed by atoms with Crippen LogP contribution < -0.4 is 5.32 Å². The fraction of sp³-hybridized carbons (Fsp3) is 1.00. The smallest absolute Gasteiger partial charge is 0.0166 e. The van der Waals surface area contributed by atoms with Crippen LogP contribution in [0.2, 0.25) is 0 Å². The number of hydrogen-bond donors (Lipinski definition) is 1. The maximum absolute atomic E-state index is 3.53. The monoisotopic (exact) mass is 200 g/mol. The van der Waals surface area contributed by atoms with Crippen molar-refractivity contribution in [3.8, 4) is 0 Å². The van der Waals surface area contributed by atoms with Crippen LogP contribution in [0.4, 0.5) is 0 Å². The van der Waals surface area contributed by atoms with Crippen molar-refractivity contribution in [3.63, 3.8) is 0 Å². The van der Waals surface area contributed by atoms with Gasteiger partial charge in [-0.05, 0) is 46.7 Å². The second kappa shape index (κ2) is 8.25. The largest absolute Gasteiger partial charge is 0.313 e. The van der Waals surface area contributed by atoms with Crippen molar-refractivity contribution in [2.75, 3.05) is 19.6 Å². The van der Waals surface area contributed by atoms with Crippen molar-refractivity contribution in [1.82, 2.24) is 10.2 Å². The summed E-state index contributed by atoms with van der Waals surface area (Å²) < 4.78 is 0. The van der Waals surface area contributed by atoms with E-state index >= 15 is 0 Å². The molecule has 2 heteroatoms. The summed E-state index contributed by atoms with van der Waals surface area (Å²) in [5.41, 5.74) is 0. The van der Waals surface area contributed by atoms with E-state index in [9.17, 15) is 0 Å². The molecule has 0 aliphatic rings. The highest BCUT2D eigenvalue weighted by Gasteiger charge is 2.11. The lowest BCUT2D eigenvalue weighted by atomic mass is 10.2. The highest BCUT2D eigenvalue weighted by molar-refractivity contribution is 4.70. The Labute approximate surface area is 90.1 Å². The number of nitrogens with one attached hydrogen (secondary N) is 1. The van der Waals surface area contributed by atoms with Crippen LogP contribution >= 0.6 is 0 Å². The standard InChI is InChI=1S/C12H28N2/c1-6-8-13-12(5)10-14(9-7-2)11(3)4/h11-13H,6-10H2,1-5H3. The van der Waals surface area contributed by atoms with Gasteiger partial charge in [0.05, 0.1) is 0 Å². The highest BCUT2D eigenvalue weighted by atomic mass is 15.2. The van der Waals surface area contributed by atoms with Crippen LogP contribution in [0.3, 0.4) is 0 Å². The van der Waals surface area contributed by atoms with Crippen molar-refractivity contribution in [1.29, 1.82) is 0 Å². The fourth-order valence-electron chi connectivity index (χ4n) is 1.65. The molecule has 0 rings (SSSR count). The molecule has 0 saturated carbocycles. The Kier molecular flexibility index (Phi) is 8.20. The van der Waals surface area contributed by atoms with Gasteiger partial charge in [-0.25, -0.2) is 0 Å². The van der Waals surface area contributed by atoms with Crippen LogP contribution in [-0.4, -0.2) is 36.6 Å². The molecule has 0 spiro atoms. The van der Waals surface area contributed by atoms with Gasteiger partial charge in [0.1, 0.15) is 0 Å². The fourth-order valence-corrected chi connectivity index (χ4v) is 1.65. The van der Waals surface area contributed by atoms with Crippen molar-refractivity contribution < 1.29 is 0 Å². The molecule has 14 heavy (non-hydrogen) atoms. The molecule has 0 heterocycles. The van der Waals surface area contributed by atoms with Crippen molar-refractivity contribution in [2.24, 2.45) is 0 Å². The quantitative estimate of drug-likeness (QED) is 0.647. The Balaban J connectivity index is 3.77. The zero-order valence-corrected chi connectivity index (χ0v) is 10.6. The molecule has 0 amide bonds. The predicted molar refractivity (Wildman–Crippen MR) is 64.8 cm³/mol. The van der Waals surface area contributed by atoms with E-state index in [2.05, 4.69) is 44.8 Å². The van der Waals surface area contributed by atoms with Gasteiger partial charge in [-0.3, -0.25) is 4.90 Å². The molecule has 0 aromatic rings. The summed E-state index contributed by atoms with van der Waals surface area (Å²) in [6.07, 6.45) is 2.47. The van der Waals surface area contributed by atoms with Gasteiger partial charge >= 0.3 is 0 Å². The topological polar surface area (TPSA) is 15.3 Å². The first-order valence-electron chi connectivity index (χ1n) is 6.09. The Morgan fingerprint density at radius 1 is 1.07 bits per heavy atom. The van der Waals surface area contributed by atoms with Crippen molar-refractivity contribution >= 4 is 0 Å². The SMILES string of the molecule is CCCNC(C)CN(CCC)C(C)C. The molecule has 2 nitrogen and oxygen atoms in total. The third kappa shape index (κ3) is 6.39. The van der Waals surface area contributed by atoms with Crippen LogP contribution in [0, 0.1) is 0 Å². The molecule has 0 fully saturated rings. The third-order valence-electron chi connectivity index (χ3n) is 2.49. The molecule has 0 saturated heterocycles. The first-order valence-corrected chi connectivity index (χ1v) is 6.09. The van der Waals surface area contributed by atoms with Gasteiger partial charge in [0, 0.05) is 18.6 Å². The first-order chi connectivity index (χ1) is 6.61. The van der Waals surface area contributed by atoms with E-state index in [4.69, 9.17) is 0 Å². The van der Waals surface area contributed by atoms with E-state index in [1.165, 1.54) is 25.9 Å². The average Bonchev–Trinajstić information content (AvgIpc) is 2.14. The number of nitrogens with zero attached hydrogens (tertiary/aromatic N) is 1. The van der Waals surface area contributed by atoms with Gasteiger partial charge in [0.15, 0.2) is 0 Å². The lowest BCUT2D eigenvalue weighted by Crippen LogP contribution is -2.42. The van der Waals surface area contributed by atoms with Gasteiger partial charge in [-0.2, -0.15) is 0 Å². The van der Waals surface area contributed by atoms with Crippen molar-refractivity contribution in [2.45, 2.75) is 59.5 Å². The second-order valence-corrected chi connectivity index (χ2v) is 4.44. The van der Waals surface area contributed by atoms with E-state index in [0.29, 0.717) is 12.1 Å². The Morgan fingerprint density at radius 3 is 2.14 bits per heavy atom. The van der Waals surface area contributed by atoms with Crippen molar-refractivity contribution in [3.05, 3.63) is 0 Å². The summed E-state index contributed by atoms with van der Waals surface area (Å²) in [6, 6.07) is 1.28.